The lowest BCUT2D eigenvalue weighted by molar-refractivity contribution is 0.305. The minimum atomic E-state index is 0.221. The maximum atomic E-state index is 9.13. The molecule has 0 bridgehead atoms. The van der Waals surface area contributed by atoms with Crippen molar-refractivity contribution in [2.45, 2.75) is 6.61 Å². The first-order chi connectivity index (χ1) is 8.15. The van der Waals surface area contributed by atoms with Gasteiger partial charge in [-0.25, -0.2) is 0 Å². The molecule has 0 aliphatic rings. The van der Waals surface area contributed by atoms with Crippen LogP contribution in [-0.4, -0.2) is 5.11 Å². The van der Waals surface area contributed by atoms with Gasteiger partial charge in [0.15, 0.2) is 0 Å². The van der Waals surface area contributed by atoms with Gasteiger partial charge in [0.05, 0.1) is 0 Å². The van der Waals surface area contributed by atoms with Crippen molar-refractivity contribution in [1.29, 1.82) is 0 Å². The summed E-state index contributed by atoms with van der Waals surface area (Å²) in [6, 6.07) is 12.2. The molecule has 0 aliphatic heterocycles. The van der Waals surface area contributed by atoms with Crippen LogP contribution in [0.4, 0.5) is 0 Å². The highest BCUT2D eigenvalue weighted by molar-refractivity contribution is 9.10. The second-order valence-corrected chi connectivity index (χ2v) is 4.84. The largest absolute Gasteiger partial charge is 0.508 e. The monoisotopic (exact) mass is 312 g/mol. The first-order valence-electron chi connectivity index (χ1n) is 5.01. The van der Waals surface area contributed by atoms with E-state index in [1.807, 2.05) is 18.2 Å². The van der Waals surface area contributed by atoms with Gasteiger partial charge in [-0.15, -0.1) is 0 Å². The Balaban J connectivity index is 2.04. The van der Waals surface area contributed by atoms with Crippen LogP contribution in [0.5, 0.6) is 11.5 Å². The molecule has 17 heavy (non-hydrogen) atoms. The molecule has 2 nitrogen and oxygen atoms in total. The summed E-state index contributed by atoms with van der Waals surface area (Å²) in [5.41, 5.74) is 0.919. The Labute approximate surface area is 113 Å². The van der Waals surface area contributed by atoms with E-state index in [0.717, 1.165) is 10.0 Å². The zero-order valence-corrected chi connectivity index (χ0v) is 11.2. The Morgan fingerprint density at radius 1 is 1.12 bits per heavy atom. The zero-order chi connectivity index (χ0) is 12.3. The van der Waals surface area contributed by atoms with E-state index in [1.165, 1.54) is 0 Å². The summed E-state index contributed by atoms with van der Waals surface area (Å²) in [4.78, 5) is 0. The fraction of sp³-hybridized carbons (Fsp3) is 0.0769. The highest BCUT2D eigenvalue weighted by Crippen LogP contribution is 2.23. The second-order valence-electron chi connectivity index (χ2n) is 3.52. The third-order valence-corrected chi connectivity index (χ3v) is 3.09. The minimum absolute atomic E-state index is 0.221. The Morgan fingerprint density at radius 3 is 2.47 bits per heavy atom. The topological polar surface area (TPSA) is 29.5 Å². The van der Waals surface area contributed by atoms with Gasteiger partial charge in [0.1, 0.15) is 18.1 Å². The van der Waals surface area contributed by atoms with Gasteiger partial charge in [0.2, 0.25) is 0 Å². The number of benzene rings is 2. The number of hydrogen-bond acceptors (Lipinski definition) is 2. The molecule has 0 spiro atoms. The van der Waals surface area contributed by atoms with Crippen LogP contribution in [-0.2, 0) is 6.61 Å². The Hall–Kier alpha value is -1.19. The molecule has 0 radical (unpaired) electrons. The van der Waals surface area contributed by atoms with E-state index in [1.54, 1.807) is 24.3 Å². The molecule has 0 saturated carbocycles. The normalized spacial score (nSPS) is 10.2. The van der Waals surface area contributed by atoms with Crippen LogP contribution in [0.25, 0.3) is 0 Å². The molecule has 88 valence electrons. The lowest BCUT2D eigenvalue weighted by Gasteiger charge is -2.08. The summed E-state index contributed by atoms with van der Waals surface area (Å²) < 4.78 is 6.50. The summed E-state index contributed by atoms with van der Waals surface area (Å²) in [7, 11) is 0. The van der Waals surface area contributed by atoms with Gasteiger partial charge >= 0.3 is 0 Å². The summed E-state index contributed by atoms with van der Waals surface area (Å²) in [6.45, 7) is 0.400. The van der Waals surface area contributed by atoms with Gasteiger partial charge in [0, 0.05) is 15.1 Å². The predicted molar refractivity (Wildman–Crippen MR) is 71.6 cm³/mol. The van der Waals surface area contributed by atoms with Crippen molar-refractivity contribution in [3.05, 3.63) is 57.5 Å². The maximum absolute atomic E-state index is 9.13. The van der Waals surface area contributed by atoms with Crippen molar-refractivity contribution in [3.8, 4) is 11.5 Å². The van der Waals surface area contributed by atoms with Crippen molar-refractivity contribution in [2.24, 2.45) is 0 Å². The molecule has 0 saturated heterocycles. The van der Waals surface area contributed by atoms with E-state index in [0.29, 0.717) is 17.4 Å². The molecule has 0 amide bonds. The SMILES string of the molecule is Oc1ccc(OCc2ccc(Br)cc2Cl)cc1. The highest BCUT2D eigenvalue weighted by atomic mass is 79.9. The van der Waals surface area contributed by atoms with Gasteiger partial charge in [-0.1, -0.05) is 33.6 Å². The van der Waals surface area contributed by atoms with E-state index >= 15 is 0 Å². The van der Waals surface area contributed by atoms with Crippen LogP contribution in [0, 0.1) is 0 Å². The van der Waals surface area contributed by atoms with Crippen LogP contribution in [0.2, 0.25) is 5.02 Å². The smallest absolute Gasteiger partial charge is 0.120 e. The van der Waals surface area contributed by atoms with E-state index in [4.69, 9.17) is 21.4 Å². The molecule has 2 aromatic carbocycles. The average molecular weight is 314 g/mol. The fourth-order valence-corrected chi connectivity index (χ4v) is 2.07. The van der Waals surface area contributed by atoms with Gasteiger partial charge in [0.25, 0.3) is 0 Å². The van der Waals surface area contributed by atoms with Crippen LogP contribution in [0.3, 0.4) is 0 Å². The Morgan fingerprint density at radius 2 is 1.82 bits per heavy atom. The Bertz CT molecular complexity index is 511. The van der Waals surface area contributed by atoms with Crippen molar-refractivity contribution < 1.29 is 9.84 Å². The third-order valence-electron chi connectivity index (χ3n) is 2.25. The first kappa shape index (κ1) is 12.3. The van der Waals surface area contributed by atoms with Gasteiger partial charge in [-0.05, 0) is 36.4 Å². The molecule has 0 aliphatic carbocycles. The number of rotatable bonds is 3. The third kappa shape index (κ3) is 3.38. The second kappa shape index (κ2) is 5.43. The van der Waals surface area contributed by atoms with E-state index in [2.05, 4.69) is 15.9 Å². The number of hydrogen-bond donors (Lipinski definition) is 1. The molecule has 0 unspecified atom stereocenters. The minimum Gasteiger partial charge on any atom is -0.508 e. The van der Waals surface area contributed by atoms with E-state index in [-0.39, 0.29) is 5.75 Å². The maximum Gasteiger partial charge on any atom is 0.120 e. The van der Waals surface area contributed by atoms with Crippen LogP contribution >= 0.6 is 27.5 Å². The standard InChI is InChI=1S/C13H10BrClO2/c14-10-2-1-9(13(15)7-10)8-17-12-5-3-11(16)4-6-12/h1-7,16H,8H2. The summed E-state index contributed by atoms with van der Waals surface area (Å²) in [6.07, 6.45) is 0. The van der Waals surface area contributed by atoms with Gasteiger partial charge < -0.3 is 9.84 Å². The number of aromatic hydroxyl groups is 1. The van der Waals surface area contributed by atoms with Gasteiger partial charge in [-0.3, -0.25) is 0 Å². The molecule has 2 rings (SSSR count). The summed E-state index contributed by atoms with van der Waals surface area (Å²) in [5.74, 6) is 0.917. The van der Waals surface area contributed by atoms with E-state index < -0.39 is 0 Å². The number of phenols is 1. The molecule has 2 aromatic rings. The number of halogens is 2. The van der Waals surface area contributed by atoms with Crippen LogP contribution < -0.4 is 4.74 Å². The predicted octanol–water partition coefficient (Wildman–Crippen LogP) is 4.39. The van der Waals surface area contributed by atoms with Crippen molar-refractivity contribution in [3.63, 3.8) is 0 Å². The van der Waals surface area contributed by atoms with Crippen molar-refractivity contribution >= 4 is 27.5 Å². The summed E-state index contributed by atoms with van der Waals surface area (Å²) >= 11 is 9.42. The molecule has 0 atom stereocenters. The first-order valence-corrected chi connectivity index (χ1v) is 6.18. The highest BCUT2D eigenvalue weighted by Gasteiger charge is 2.02. The molecular weight excluding hydrogens is 303 g/mol. The lowest BCUT2D eigenvalue weighted by atomic mass is 10.2. The van der Waals surface area contributed by atoms with Crippen LogP contribution in [0.15, 0.2) is 46.9 Å². The zero-order valence-electron chi connectivity index (χ0n) is 8.86. The average Bonchev–Trinajstić information content (AvgIpc) is 2.30. The van der Waals surface area contributed by atoms with E-state index in [9.17, 15) is 0 Å². The van der Waals surface area contributed by atoms with Crippen molar-refractivity contribution in [2.75, 3.05) is 0 Å². The quantitative estimate of drug-likeness (QED) is 0.911. The molecule has 4 heteroatoms. The van der Waals surface area contributed by atoms with Crippen LogP contribution in [0.1, 0.15) is 5.56 Å². The molecule has 0 fully saturated rings. The fourth-order valence-electron chi connectivity index (χ4n) is 1.34. The molecule has 0 aromatic heterocycles. The van der Waals surface area contributed by atoms with Gasteiger partial charge in [-0.2, -0.15) is 0 Å². The number of ether oxygens (including phenoxy) is 1. The number of phenolic OH excluding ortho intramolecular Hbond substituents is 1. The Kier molecular flexibility index (Phi) is 3.92. The summed E-state index contributed by atoms with van der Waals surface area (Å²) in [5, 5.41) is 9.80. The molecule has 1 N–H and O–H groups in total. The lowest BCUT2D eigenvalue weighted by Crippen LogP contribution is -1.95. The van der Waals surface area contributed by atoms with Crippen molar-refractivity contribution in [1.82, 2.24) is 0 Å². The molecular formula is C13H10BrClO2. The molecule has 0 heterocycles.